The van der Waals surface area contributed by atoms with Crippen LogP contribution >= 0.6 is 0 Å². The van der Waals surface area contributed by atoms with Gasteiger partial charge in [0.1, 0.15) is 0 Å². The number of rotatable bonds is 4. The van der Waals surface area contributed by atoms with Crippen molar-refractivity contribution in [2.24, 2.45) is 0 Å². The maximum absolute atomic E-state index is 13.1. The van der Waals surface area contributed by atoms with E-state index in [2.05, 4.69) is 6.92 Å². The summed E-state index contributed by atoms with van der Waals surface area (Å²) in [6, 6.07) is 7.05. The van der Waals surface area contributed by atoms with Crippen LogP contribution in [0.2, 0.25) is 0 Å². The lowest BCUT2D eigenvalue weighted by atomic mass is 9.99. The molecule has 1 atom stereocenters. The number of aryl methyl sites for hydroxylation is 1. The van der Waals surface area contributed by atoms with Crippen LogP contribution < -0.4 is 0 Å². The number of hydrogen-bond acceptors (Lipinski definition) is 3. The molecule has 2 aliphatic rings. The van der Waals surface area contributed by atoms with Gasteiger partial charge in [-0.05, 0) is 57.6 Å². The van der Waals surface area contributed by atoms with E-state index < -0.39 is 14.6 Å². The Morgan fingerprint density at radius 2 is 1.87 bits per heavy atom. The Labute approximate surface area is 138 Å². The Balaban J connectivity index is 1.91. The van der Waals surface area contributed by atoms with E-state index in [1.54, 1.807) is 24.3 Å². The van der Waals surface area contributed by atoms with Gasteiger partial charge in [-0.1, -0.05) is 24.6 Å². The van der Waals surface area contributed by atoms with Crippen LogP contribution in [0.25, 0.3) is 0 Å². The van der Waals surface area contributed by atoms with Gasteiger partial charge in [0.15, 0.2) is 14.6 Å². The lowest BCUT2D eigenvalue weighted by Crippen LogP contribution is -2.51. The number of carbonyl (C=O) groups is 1. The third-order valence-electron chi connectivity index (χ3n) is 5.30. The molecule has 3 rings (SSSR count). The number of amides is 1. The van der Waals surface area contributed by atoms with Crippen LogP contribution in [-0.4, -0.2) is 36.6 Å². The molecule has 1 aliphatic heterocycles. The second-order valence-electron chi connectivity index (χ2n) is 6.87. The second kappa shape index (κ2) is 5.93. The van der Waals surface area contributed by atoms with Gasteiger partial charge in [0.2, 0.25) is 5.91 Å². The van der Waals surface area contributed by atoms with Crippen molar-refractivity contribution in [2.75, 3.05) is 6.54 Å². The predicted octanol–water partition coefficient (Wildman–Crippen LogP) is 3.09. The highest BCUT2D eigenvalue weighted by Gasteiger charge is 2.62. The van der Waals surface area contributed by atoms with E-state index in [4.69, 9.17) is 0 Å². The summed E-state index contributed by atoms with van der Waals surface area (Å²) in [6.45, 7) is 4.70. The molecule has 1 unspecified atom stereocenters. The zero-order chi connectivity index (χ0) is 16.7. The van der Waals surface area contributed by atoms with Gasteiger partial charge in [-0.15, -0.1) is 0 Å². The minimum Gasteiger partial charge on any atom is -0.338 e. The third-order valence-corrected chi connectivity index (χ3v) is 7.80. The number of nitrogens with zero attached hydrogens (tertiary/aromatic N) is 1. The molecule has 23 heavy (non-hydrogen) atoms. The predicted molar refractivity (Wildman–Crippen MR) is 90.0 cm³/mol. The summed E-state index contributed by atoms with van der Waals surface area (Å²) in [5.74, 6) is -0.162. The Morgan fingerprint density at radius 1 is 1.22 bits per heavy atom. The van der Waals surface area contributed by atoms with Gasteiger partial charge >= 0.3 is 0 Å². The molecular formula is C18H25NO3S. The third kappa shape index (κ3) is 2.69. The van der Waals surface area contributed by atoms with Gasteiger partial charge in [0.05, 0.1) is 4.90 Å². The molecule has 1 saturated carbocycles. The molecule has 0 bridgehead atoms. The van der Waals surface area contributed by atoms with Crippen molar-refractivity contribution in [2.45, 2.75) is 68.1 Å². The first-order chi connectivity index (χ1) is 10.9. The minimum absolute atomic E-state index is 0.162. The smallest absolute Gasteiger partial charge is 0.244 e. The van der Waals surface area contributed by atoms with Gasteiger partial charge in [0, 0.05) is 12.6 Å². The van der Waals surface area contributed by atoms with E-state index in [0.717, 1.165) is 31.2 Å². The first-order valence-corrected chi connectivity index (χ1v) is 10.0. The van der Waals surface area contributed by atoms with Gasteiger partial charge < -0.3 is 4.90 Å². The van der Waals surface area contributed by atoms with Crippen LogP contribution in [0.1, 0.15) is 51.0 Å². The van der Waals surface area contributed by atoms with Crippen molar-refractivity contribution in [1.29, 1.82) is 0 Å². The normalized spacial score (nSPS) is 23.6. The first-order valence-electron chi connectivity index (χ1n) is 8.55. The van der Waals surface area contributed by atoms with Crippen molar-refractivity contribution >= 4 is 15.7 Å². The fourth-order valence-corrected chi connectivity index (χ4v) is 5.54. The minimum atomic E-state index is -3.62. The van der Waals surface area contributed by atoms with E-state index in [0.29, 0.717) is 19.4 Å². The van der Waals surface area contributed by atoms with Crippen LogP contribution in [0.15, 0.2) is 29.2 Å². The van der Waals surface area contributed by atoms with Gasteiger partial charge in [-0.3, -0.25) is 4.79 Å². The topological polar surface area (TPSA) is 54.5 Å². The Kier molecular flexibility index (Phi) is 4.25. The molecule has 0 spiro atoms. The zero-order valence-electron chi connectivity index (χ0n) is 13.9. The molecule has 0 radical (unpaired) electrons. The summed E-state index contributed by atoms with van der Waals surface area (Å²) in [4.78, 5) is 15.2. The summed E-state index contributed by atoms with van der Waals surface area (Å²) in [5.41, 5.74) is 1.02. The molecule has 1 amide bonds. The van der Waals surface area contributed by atoms with E-state index in [9.17, 15) is 13.2 Å². The molecule has 4 nitrogen and oxygen atoms in total. The molecule has 2 fully saturated rings. The zero-order valence-corrected chi connectivity index (χ0v) is 14.7. The maximum atomic E-state index is 13.1. The van der Waals surface area contributed by atoms with E-state index >= 15 is 0 Å². The van der Waals surface area contributed by atoms with Crippen LogP contribution in [0, 0.1) is 6.92 Å². The lowest BCUT2D eigenvalue weighted by molar-refractivity contribution is -0.135. The van der Waals surface area contributed by atoms with Gasteiger partial charge in [0.25, 0.3) is 0 Å². The van der Waals surface area contributed by atoms with Gasteiger partial charge in [-0.2, -0.15) is 0 Å². The molecule has 1 aliphatic carbocycles. The molecule has 1 aromatic carbocycles. The van der Waals surface area contributed by atoms with Crippen molar-refractivity contribution < 1.29 is 13.2 Å². The van der Waals surface area contributed by atoms with E-state index in [1.807, 2.05) is 11.8 Å². The van der Waals surface area contributed by atoms with Crippen molar-refractivity contribution in [1.82, 2.24) is 4.90 Å². The Hall–Kier alpha value is -1.36. The summed E-state index contributed by atoms with van der Waals surface area (Å²) in [6.07, 6.45) is 4.89. The molecule has 1 heterocycles. The van der Waals surface area contributed by atoms with Crippen molar-refractivity contribution in [3.63, 3.8) is 0 Å². The molecule has 126 valence electrons. The number of piperidine rings is 1. The molecule has 5 heteroatoms. The van der Waals surface area contributed by atoms with Crippen LogP contribution in [0.4, 0.5) is 0 Å². The number of carbonyl (C=O) groups excluding carboxylic acids is 1. The maximum Gasteiger partial charge on any atom is 0.244 e. The fraction of sp³-hybridized carbons (Fsp3) is 0.611. The SMILES string of the molecule is CCC1CCCCN1C(=O)C1(S(=O)(=O)c2ccc(C)cc2)CC1. The number of sulfone groups is 1. The number of likely N-dealkylation sites (tertiary alicyclic amines) is 1. The Bertz CT molecular complexity index is 689. The molecule has 1 saturated heterocycles. The highest BCUT2D eigenvalue weighted by molar-refractivity contribution is 7.94. The summed E-state index contributed by atoms with van der Waals surface area (Å²) in [5, 5.41) is 0. The van der Waals surface area contributed by atoms with Crippen molar-refractivity contribution in [3.8, 4) is 0 Å². The standard InChI is InChI=1S/C18H25NO3S/c1-3-15-6-4-5-13-19(15)17(20)18(11-12-18)23(21,22)16-9-7-14(2)8-10-16/h7-10,15H,3-6,11-13H2,1-2H3. The summed E-state index contributed by atoms with van der Waals surface area (Å²) in [7, 11) is -3.62. The number of benzene rings is 1. The Morgan fingerprint density at radius 3 is 2.43 bits per heavy atom. The summed E-state index contributed by atoms with van der Waals surface area (Å²) < 4.78 is 24.9. The molecule has 1 aromatic rings. The highest BCUT2D eigenvalue weighted by Crippen LogP contribution is 2.49. The summed E-state index contributed by atoms with van der Waals surface area (Å²) >= 11 is 0. The quantitative estimate of drug-likeness (QED) is 0.849. The first kappa shape index (κ1) is 16.5. The van der Waals surface area contributed by atoms with Crippen LogP contribution in [0.5, 0.6) is 0 Å². The number of hydrogen-bond donors (Lipinski definition) is 0. The van der Waals surface area contributed by atoms with E-state index in [1.165, 1.54) is 0 Å². The van der Waals surface area contributed by atoms with Gasteiger partial charge in [-0.25, -0.2) is 8.42 Å². The van der Waals surface area contributed by atoms with E-state index in [-0.39, 0.29) is 16.8 Å². The average molecular weight is 335 g/mol. The largest absolute Gasteiger partial charge is 0.338 e. The average Bonchev–Trinajstić information content (AvgIpc) is 3.37. The molecule has 0 aromatic heterocycles. The van der Waals surface area contributed by atoms with Crippen molar-refractivity contribution in [3.05, 3.63) is 29.8 Å². The lowest BCUT2D eigenvalue weighted by Gasteiger charge is -2.37. The monoisotopic (exact) mass is 335 g/mol. The molecule has 0 N–H and O–H groups in total. The molecular weight excluding hydrogens is 310 g/mol. The van der Waals surface area contributed by atoms with Crippen LogP contribution in [0.3, 0.4) is 0 Å². The second-order valence-corrected chi connectivity index (χ2v) is 9.13. The highest BCUT2D eigenvalue weighted by atomic mass is 32.2. The fourth-order valence-electron chi connectivity index (χ4n) is 3.61. The van der Waals surface area contributed by atoms with Crippen LogP contribution in [-0.2, 0) is 14.6 Å².